The van der Waals surface area contributed by atoms with Gasteiger partial charge in [-0.05, 0) is 41.1 Å². The third-order valence-electron chi connectivity index (χ3n) is 7.71. The average Bonchev–Trinajstić information content (AvgIpc) is 3.11. The van der Waals surface area contributed by atoms with E-state index in [0.29, 0.717) is 42.0 Å². The van der Waals surface area contributed by atoms with Crippen molar-refractivity contribution in [3.8, 4) is 17.2 Å². The van der Waals surface area contributed by atoms with Crippen LogP contribution in [-0.2, 0) is 19.2 Å². The largest absolute Gasteiger partial charge is 0.507 e. The summed E-state index contributed by atoms with van der Waals surface area (Å²) in [5, 5.41) is 11.1. The zero-order valence-electron chi connectivity index (χ0n) is 20.2. The monoisotopic (exact) mass is 555 g/mol. The first-order valence-corrected chi connectivity index (χ1v) is 12.7. The summed E-state index contributed by atoms with van der Waals surface area (Å²) in [4.78, 5) is 54.5. The van der Waals surface area contributed by atoms with Crippen LogP contribution in [0.5, 0.6) is 17.2 Å². The Hall–Kier alpha value is -3.20. The van der Waals surface area contributed by atoms with Crippen molar-refractivity contribution in [1.82, 2.24) is 4.90 Å². The van der Waals surface area contributed by atoms with E-state index in [1.807, 2.05) is 13.0 Å². The van der Waals surface area contributed by atoms with E-state index in [9.17, 15) is 24.3 Å². The van der Waals surface area contributed by atoms with Crippen LogP contribution in [0.1, 0.15) is 37.7 Å². The van der Waals surface area contributed by atoms with Crippen LogP contribution in [0, 0.1) is 17.8 Å². The maximum atomic E-state index is 13.5. The van der Waals surface area contributed by atoms with Gasteiger partial charge in [-0.1, -0.05) is 18.6 Å². The number of carbonyl (C=O) groups is 4. The third-order valence-corrected chi connectivity index (χ3v) is 8.30. The summed E-state index contributed by atoms with van der Waals surface area (Å²) in [6.45, 7) is 2.26. The summed E-state index contributed by atoms with van der Waals surface area (Å²) in [6.07, 6.45) is 4.34. The lowest BCUT2D eigenvalue weighted by atomic mass is 9.59. The summed E-state index contributed by atoms with van der Waals surface area (Å²) >= 11 is 3.21. The first-order valence-electron chi connectivity index (χ1n) is 11.9. The first-order chi connectivity index (χ1) is 17.2. The van der Waals surface area contributed by atoms with Gasteiger partial charge in [-0.15, -0.1) is 0 Å². The molecule has 4 atom stereocenters. The molecule has 2 amide bonds. The number of phenolic OH excluding ortho intramolecular Hbond substituents is 1. The number of hydrogen-bond acceptors (Lipinski definition) is 7. The van der Waals surface area contributed by atoms with Crippen molar-refractivity contribution >= 4 is 39.3 Å². The highest BCUT2D eigenvalue weighted by Crippen LogP contribution is 2.58. The number of methoxy groups -OCH3 is 2. The van der Waals surface area contributed by atoms with Gasteiger partial charge in [0.25, 0.3) is 0 Å². The van der Waals surface area contributed by atoms with Crippen molar-refractivity contribution in [2.24, 2.45) is 17.8 Å². The van der Waals surface area contributed by atoms with Gasteiger partial charge in [0.2, 0.25) is 11.8 Å². The Morgan fingerprint density at radius 1 is 1.08 bits per heavy atom. The lowest BCUT2D eigenvalue weighted by molar-refractivity contribution is -0.140. The summed E-state index contributed by atoms with van der Waals surface area (Å²) < 4.78 is 11.0. The van der Waals surface area contributed by atoms with Gasteiger partial charge in [0, 0.05) is 47.4 Å². The molecule has 1 aliphatic heterocycles. The Kier molecular flexibility index (Phi) is 6.14. The number of allylic oxidation sites excluding steroid dienone is 6. The number of ether oxygens (including phenoxy) is 2. The standard InChI is InChI=1S/C27H26BrNO7/c1-4-7-29-26(33)14-6-5-13-15(21(14)27(29)34)10-16-22(19(31)11-17(28)25(16)32)23(13)24-18(30)8-12(35-2)9-20(24)36-3/h5,8-9,11,14-15,21,23,30H,4,6-7,10H2,1-3H3. The first kappa shape index (κ1) is 24.5. The van der Waals surface area contributed by atoms with Gasteiger partial charge in [-0.2, -0.15) is 0 Å². The van der Waals surface area contributed by atoms with Gasteiger partial charge < -0.3 is 14.6 Å². The smallest absolute Gasteiger partial charge is 0.233 e. The van der Waals surface area contributed by atoms with Gasteiger partial charge >= 0.3 is 0 Å². The number of ketones is 2. The number of hydrogen-bond donors (Lipinski definition) is 1. The van der Waals surface area contributed by atoms with E-state index in [4.69, 9.17) is 9.47 Å². The molecule has 4 aliphatic rings. The van der Waals surface area contributed by atoms with Crippen molar-refractivity contribution in [3.05, 3.63) is 51.0 Å². The van der Waals surface area contributed by atoms with Crippen LogP contribution in [0.3, 0.4) is 0 Å². The van der Waals surface area contributed by atoms with Crippen LogP contribution >= 0.6 is 15.9 Å². The molecule has 1 fully saturated rings. The van der Waals surface area contributed by atoms with Crippen LogP contribution < -0.4 is 9.47 Å². The molecule has 1 aromatic rings. The normalized spacial score (nSPS) is 27.4. The van der Waals surface area contributed by atoms with Crippen LogP contribution in [-0.4, -0.2) is 54.2 Å². The Morgan fingerprint density at radius 3 is 2.50 bits per heavy atom. The highest BCUT2D eigenvalue weighted by Gasteiger charge is 2.56. The highest BCUT2D eigenvalue weighted by atomic mass is 79.9. The van der Waals surface area contributed by atoms with E-state index >= 15 is 0 Å². The number of phenols is 1. The predicted octanol–water partition coefficient (Wildman–Crippen LogP) is 3.58. The second kappa shape index (κ2) is 9.03. The molecule has 0 aromatic heterocycles. The second-order valence-electron chi connectivity index (χ2n) is 9.48. The third kappa shape index (κ3) is 3.47. The fraction of sp³-hybridized carbons (Fsp3) is 0.407. The van der Waals surface area contributed by atoms with Crippen LogP contribution in [0.2, 0.25) is 0 Å². The number of rotatable bonds is 5. The summed E-state index contributed by atoms with van der Waals surface area (Å²) in [5.41, 5.74) is 1.65. The fourth-order valence-corrected chi connectivity index (χ4v) is 6.66. The molecule has 1 saturated heterocycles. The number of benzene rings is 1. The zero-order chi connectivity index (χ0) is 25.9. The van der Waals surface area contributed by atoms with E-state index in [0.717, 1.165) is 5.57 Å². The zero-order valence-corrected chi connectivity index (χ0v) is 21.8. The number of amides is 2. The minimum absolute atomic E-state index is 0.150. The number of Topliss-reactive ketones (excluding diaryl/α,β-unsaturated/α-hetero) is 1. The fourth-order valence-electron chi connectivity index (χ4n) is 6.21. The minimum Gasteiger partial charge on any atom is -0.507 e. The van der Waals surface area contributed by atoms with E-state index < -0.39 is 23.7 Å². The quantitative estimate of drug-likeness (QED) is 0.336. The van der Waals surface area contributed by atoms with E-state index in [1.165, 1.54) is 31.3 Å². The Morgan fingerprint density at radius 2 is 1.83 bits per heavy atom. The van der Waals surface area contributed by atoms with Gasteiger partial charge in [-0.3, -0.25) is 24.1 Å². The Labute approximate surface area is 216 Å². The van der Waals surface area contributed by atoms with Crippen molar-refractivity contribution in [2.45, 2.75) is 32.1 Å². The molecule has 4 unspecified atom stereocenters. The number of aromatic hydroxyl groups is 1. The number of halogens is 1. The van der Waals surface area contributed by atoms with Crippen LogP contribution in [0.4, 0.5) is 0 Å². The summed E-state index contributed by atoms with van der Waals surface area (Å²) in [5.74, 6) is -2.98. The number of carbonyl (C=O) groups excluding carboxylic acids is 4. The average molecular weight is 556 g/mol. The molecule has 0 saturated carbocycles. The van der Waals surface area contributed by atoms with Crippen LogP contribution in [0.15, 0.2) is 45.5 Å². The van der Waals surface area contributed by atoms with Crippen LogP contribution in [0.25, 0.3) is 0 Å². The molecule has 36 heavy (non-hydrogen) atoms. The van der Waals surface area contributed by atoms with E-state index in [2.05, 4.69) is 15.9 Å². The number of likely N-dealkylation sites (tertiary alicyclic amines) is 1. The summed E-state index contributed by atoms with van der Waals surface area (Å²) in [7, 11) is 2.91. The molecule has 9 heteroatoms. The van der Waals surface area contributed by atoms with Crippen molar-refractivity contribution < 1.29 is 33.8 Å². The van der Waals surface area contributed by atoms with Gasteiger partial charge in [0.05, 0.1) is 30.5 Å². The van der Waals surface area contributed by atoms with Crippen molar-refractivity contribution in [3.63, 3.8) is 0 Å². The van der Waals surface area contributed by atoms with Gasteiger partial charge in [0.15, 0.2) is 11.6 Å². The molecule has 0 bridgehead atoms. The predicted molar refractivity (Wildman–Crippen MR) is 133 cm³/mol. The molecule has 1 heterocycles. The molecular formula is C27H26BrNO7. The number of nitrogens with zero attached hydrogens (tertiary/aromatic N) is 1. The lowest BCUT2D eigenvalue weighted by Gasteiger charge is -2.42. The maximum absolute atomic E-state index is 13.5. The number of imide groups is 1. The molecule has 3 aliphatic carbocycles. The molecule has 5 rings (SSSR count). The van der Waals surface area contributed by atoms with Gasteiger partial charge in [-0.25, -0.2) is 0 Å². The van der Waals surface area contributed by atoms with E-state index in [1.54, 1.807) is 6.07 Å². The minimum atomic E-state index is -0.808. The summed E-state index contributed by atoms with van der Waals surface area (Å²) in [6, 6.07) is 3.04. The molecule has 8 nitrogen and oxygen atoms in total. The molecular weight excluding hydrogens is 530 g/mol. The molecule has 1 N–H and O–H groups in total. The SMILES string of the molecule is CCCN1C(=O)C2CC=C3C(c4c(O)cc(OC)cc4OC)C4=C(CC3C2C1=O)C(=O)C(Br)=CC4=O. The lowest BCUT2D eigenvalue weighted by Crippen LogP contribution is -2.39. The molecule has 1 aromatic carbocycles. The molecule has 0 radical (unpaired) electrons. The van der Waals surface area contributed by atoms with E-state index in [-0.39, 0.29) is 45.6 Å². The second-order valence-corrected chi connectivity index (χ2v) is 10.3. The van der Waals surface area contributed by atoms with Crippen molar-refractivity contribution in [1.29, 1.82) is 0 Å². The van der Waals surface area contributed by atoms with Gasteiger partial charge in [0.1, 0.15) is 17.2 Å². The Balaban J connectivity index is 1.73. The highest BCUT2D eigenvalue weighted by molar-refractivity contribution is 9.12. The topological polar surface area (TPSA) is 110 Å². The van der Waals surface area contributed by atoms with Crippen molar-refractivity contribution in [2.75, 3.05) is 20.8 Å². The molecule has 0 spiro atoms. The number of fused-ring (bicyclic) bond motifs is 3. The Bertz CT molecular complexity index is 1310. The maximum Gasteiger partial charge on any atom is 0.233 e. The molecule has 188 valence electrons.